The van der Waals surface area contributed by atoms with Gasteiger partial charge in [-0.25, -0.2) is 0 Å². The number of nitrogens with zero attached hydrogens (tertiary/aromatic N) is 3. The van der Waals surface area contributed by atoms with Gasteiger partial charge in [0.1, 0.15) is 0 Å². The van der Waals surface area contributed by atoms with E-state index in [-0.39, 0.29) is 25.5 Å². The van der Waals surface area contributed by atoms with E-state index >= 15 is 0 Å². The van der Waals surface area contributed by atoms with Crippen LogP contribution in [0.3, 0.4) is 0 Å². The van der Waals surface area contributed by atoms with E-state index in [0.29, 0.717) is 0 Å². The maximum absolute atomic E-state index is 4.69. The second-order valence-corrected chi connectivity index (χ2v) is 11.0. The van der Waals surface area contributed by atoms with Crippen LogP contribution in [0, 0.1) is 12.1 Å². The number of benzene rings is 4. The molecule has 0 atom stereocenters. The van der Waals surface area contributed by atoms with Crippen LogP contribution in [0.1, 0.15) is 26.3 Å². The van der Waals surface area contributed by atoms with Crippen molar-refractivity contribution in [2.45, 2.75) is 26.2 Å². The molecule has 197 valence electrons. The third-order valence-corrected chi connectivity index (χ3v) is 7.49. The second kappa shape index (κ2) is 10.1. The van der Waals surface area contributed by atoms with Crippen molar-refractivity contribution in [1.29, 1.82) is 0 Å². The SMILES string of the molecule is CC(C)(C)c1ccc(-c2[c-]cccc2)nc1.[Ir].[c-]1cccc2c1c1nccc3ccc4c5ccccc5n2c4c31. The average molecular weight is 694 g/mol. The molecule has 0 unspecified atom stereocenters. The molecule has 3 nitrogen and oxygen atoms in total. The molecular formula is C36H27IrN3-2. The molecule has 0 aliphatic heterocycles. The van der Waals surface area contributed by atoms with Crippen molar-refractivity contribution in [2.75, 3.05) is 0 Å². The van der Waals surface area contributed by atoms with Crippen molar-refractivity contribution in [3.63, 3.8) is 0 Å². The van der Waals surface area contributed by atoms with Gasteiger partial charge in [-0.15, -0.1) is 65.5 Å². The first-order chi connectivity index (χ1) is 19.0. The second-order valence-electron chi connectivity index (χ2n) is 11.0. The number of rotatable bonds is 1. The third-order valence-electron chi connectivity index (χ3n) is 7.49. The Morgan fingerprint density at radius 2 is 1.50 bits per heavy atom. The first-order valence-corrected chi connectivity index (χ1v) is 13.3. The summed E-state index contributed by atoms with van der Waals surface area (Å²) in [5.41, 5.74) is 8.15. The summed E-state index contributed by atoms with van der Waals surface area (Å²) in [5, 5.41) is 6.12. The van der Waals surface area contributed by atoms with Crippen LogP contribution in [0.25, 0.3) is 60.3 Å². The van der Waals surface area contributed by atoms with Gasteiger partial charge >= 0.3 is 0 Å². The summed E-state index contributed by atoms with van der Waals surface area (Å²) in [4.78, 5) is 9.17. The summed E-state index contributed by atoms with van der Waals surface area (Å²) in [6.45, 7) is 6.58. The first-order valence-electron chi connectivity index (χ1n) is 13.3. The van der Waals surface area contributed by atoms with E-state index in [1.807, 2.05) is 48.8 Å². The molecule has 0 aliphatic rings. The molecule has 8 aromatic rings. The summed E-state index contributed by atoms with van der Waals surface area (Å²) < 4.78 is 2.37. The van der Waals surface area contributed by atoms with E-state index in [1.165, 1.54) is 38.1 Å². The van der Waals surface area contributed by atoms with Crippen molar-refractivity contribution in [3.8, 4) is 11.3 Å². The Balaban J connectivity index is 0.000000151. The van der Waals surface area contributed by atoms with Crippen molar-refractivity contribution < 1.29 is 20.1 Å². The molecule has 4 aromatic carbocycles. The molecule has 8 rings (SSSR count). The average Bonchev–Trinajstić information content (AvgIpc) is 3.33. The molecule has 0 N–H and O–H groups in total. The van der Waals surface area contributed by atoms with Gasteiger partial charge in [0.2, 0.25) is 0 Å². The van der Waals surface area contributed by atoms with E-state index in [4.69, 9.17) is 0 Å². The number of aromatic nitrogens is 3. The van der Waals surface area contributed by atoms with Crippen LogP contribution in [0.5, 0.6) is 0 Å². The zero-order chi connectivity index (χ0) is 26.6. The van der Waals surface area contributed by atoms with Crippen molar-refractivity contribution in [2.24, 2.45) is 0 Å². The number of fused-ring (bicyclic) bond motifs is 6. The van der Waals surface area contributed by atoms with Crippen LogP contribution in [-0.4, -0.2) is 14.4 Å². The zero-order valence-corrected chi connectivity index (χ0v) is 25.0. The normalized spacial score (nSPS) is 11.7. The summed E-state index contributed by atoms with van der Waals surface area (Å²) in [7, 11) is 0. The molecule has 4 heterocycles. The maximum atomic E-state index is 4.69. The Morgan fingerprint density at radius 1 is 0.700 bits per heavy atom. The van der Waals surface area contributed by atoms with Gasteiger partial charge in [-0.05, 0) is 50.6 Å². The van der Waals surface area contributed by atoms with Gasteiger partial charge in [0.25, 0.3) is 0 Å². The van der Waals surface area contributed by atoms with Crippen LogP contribution in [0.2, 0.25) is 0 Å². The van der Waals surface area contributed by atoms with E-state index in [1.54, 1.807) is 0 Å². The zero-order valence-electron chi connectivity index (χ0n) is 22.6. The molecule has 4 aromatic heterocycles. The van der Waals surface area contributed by atoms with Crippen molar-refractivity contribution in [3.05, 3.63) is 127 Å². The Bertz CT molecular complexity index is 2060. The van der Waals surface area contributed by atoms with Crippen molar-refractivity contribution in [1.82, 2.24) is 14.4 Å². The molecule has 0 saturated carbocycles. The van der Waals surface area contributed by atoms with Crippen LogP contribution >= 0.6 is 0 Å². The van der Waals surface area contributed by atoms with Gasteiger partial charge in [0, 0.05) is 54.3 Å². The van der Waals surface area contributed by atoms with Gasteiger partial charge < -0.3 is 14.4 Å². The summed E-state index contributed by atoms with van der Waals surface area (Å²) >= 11 is 0. The van der Waals surface area contributed by atoms with Crippen LogP contribution in [0.4, 0.5) is 0 Å². The molecule has 1 radical (unpaired) electrons. The number of hydrogen-bond donors (Lipinski definition) is 0. The Labute approximate surface area is 247 Å². The Kier molecular flexibility index (Phi) is 6.62. The summed E-state index contributed by atoms with van der Waals surface area (Å²) in [6, 6.07) is 40.0. The van der Waals surface area contributed by atoms with Crippen LogP contribution in [0.15, 0.2) is 109 Å². The third kappa shape index (κ3) is 4.25. The molecule has 40 heavy (non-hydrogen) atoms. The van der Waals surface area contributed by atoms with Crippen LogP contribution < -0.4 is 0 Å². The molecule has 0 fully saturated rings. The Morgan fingerprint density at radius 3 is 2.27 bits per heavy atom. The van der Waals surface area contributed by atoms with Crippen molar-refractivity contribution >= 4 is 49.0 Å². The van der Waals surface area contributed by atoms with E-state index < -0.39 is 0 Å². The summed E-state index contributed by atoms with van der Waals surface area (Å²) in [5.74, 6) is 0. The predicted octanol–water partition coefficient (Wildman–Crippen LogP) is 9.03. The topological polar surface area (TPSA) is 30.2 Å². The fourth-order valence-corrected chi connectivity index (χ4v) is 5.51. The van der Waals surface area contributed by atoms with Gasteiger partial charge in [-0.2, -0.15) is 0 Å². The van der Waals surface area contributed by atoms with Gasteiger partial charge in [-0.1, -0.05) is 63.2 Å². The van der Waals surface area contributed by atoms with Gasteiger partial charge in [0.15, 0.2) is 0 Å². The van der Waals surface area contributed by atoms with E-state index in [2.05, 4.69) is 108 Å². The fourth-order valence-electron chi connectivity index (χ4n) is 5.51. The first kappa shape index (κ1) is 26.1. The number of hydrogen-bond acceptors (Lipinski definition) is 2. The number of pyridine rings is 3. The smallest absolute Gasteiger partial charge is 0.0459 e. The molecular weight excluding hydrogens is 667 g/mol. The van der Waals surface area contributed by atoms with Gasteiger partial charge in [0.05, 0.1) is 0 Å². The Hall–Kier alpha value is -4.11. The quantitative estimate of drug-likeness (QED) is 0.0976. The van der Waals surface area contributed by atoms with E-state index in [0.717, 1.165) is 27.7 Å². The molecule has 0 bridgehead atoms. The molecule has 0 saturated heterocycles. The predicted molar refractivity (Wildman–Crippen MR) is 162 cm³/mol. The standard InChI is InChI=1S/C21H11N2.C15H16N.Ir/c1-3-7-17-14(5-1)15-10-9-13-11-12-22-20-16-6-2-4-8-18(16)23(17)21(15)19(13)20;1-15(2,3)13-9-10-14(16-11-13)12-7-5-4-6-8-12;/h1-5,7-12H;4-7,9-11H,1-3H3;/q2*-1;. The molecule has 4 heteroatoms. The number of para-hydroxylation sites is 1. The molecule has 0 amide bonds. The minimum atomic E-state index is 0. The largest absolute Gasteiger partial charge is 0.351 e. The molecule has 0 spiro atoms. The maximum Gasteiger partial charge on any atom is 0.0459 e. The summed E-state index contributed by atoms with van der Waals surface area (Å²) in [6.07, 6.45) is 3.85. The van der Waals surface area contributed by atoms with Crippen LogP contribution in [-0.2, 0) is 25.5 Å². The molecule has 0 aliphatic carbocycles. The fraction of sp³-hybridized carbons (Fsp3) is 0.111. The van der Waals surface area contributed by atoms with Gasteiger partial charge in [-0.3, -0.25) is 0 Å². The van der Waals surface area contributed by atoms with E-state index in [9.17, 15) is 0 Å². The minimum Gasteiger partial charge on any atom is -0.351 e. The minimum absolute atomic E-state index is 0. The monoisotopic (exact) mass is 694 g/mol.